The Labute approximate surface area is 373 Å². The third-order valence-electron chi connectivity index (χ3n) is 11.5. The van der Waals surface area contributed by atoms with Gasteiger partial charge >= 0.3 is 21.1 Å². The Bertz CT molecular complexity index is 3560. The maximum absolute atomic E-state index is 7.72. The average molecular weight is 980 g/mol. The molecule has 0 atom stereocenters. The van der Waals surface area contributed by atoms with Crippen LogP contribution in [-0.2, 0) is 26.5 Å². The van der Waals surface area contributed by atoms with E-state index < -0.39 is 0 Å². The molecule has 0 aliphatic carbocycles. The number of benzene rings is 8. The topological polar surface area (TPSA) is 57.4 Å². The van der Waals surface area contributed by atoms with Crippen LogP contribution < -0.4 is 4.74 Å². The number of fused-ring (bicyclic) bond motifs is 9. The predicted octanol–water partition coefficient (Wildman–Crippen LogP) is 14.9. The second kappa shape index (κ2) is 15.3. The van der Waals surface area contributed by atoms with Gasteiger partial charge in [0.2, 0.25) is 0 Å². The Kier molecular flexibility index (Phi) is 9.59. The van der Waals surface area contributed by atoms with Crippen LogP contribution in [0.1, 0.15) is 26.3 Å². The fourth-order valence-corrected chi connectivity index (χ4v) is 8.65. The zero-order valence-corrected chi connectivity index (χ0v) is 36.3. The molecular weight excluding hydrogens is 944 g/mol. The Morgan fingerprint density at radius 1 is 0.613 bits per heavy atom. The van der Waals surface area contributed by atoms with Crippen molar-refractivity contribution in [1.29, 1.82) is 0 Å². The van der Waals surface area contributed by atoms with Crippen LogP contribution in [0.3, 0.4) is 0 Å². The van der Waals surface area contributed by atoms with Crippen LogP contribution in [0.2, 0.25) is 0 Å². The van der Waals surface area contributed by atoms with E-state index in [-0.39, 0.29) is 26.5 Å². The van der Waals surface area contributed by atoms with E-state index in [0.717, 1.165) is 76.7 Å². The Balaban J connectivity index is 0.00000458. The first-order valence-electron chi connectivity index (χ1n) is 20.2. The van der Waals surface area contributed by atoms with Gasteiger partial charge in [-0.25, -0.2) is 4.85 Å². The van der Waals surface area contributed by atoms with E-state index in [1.807, 2.05) is 73.1 Å². The molecule has 0 amide bonds. The molecule has 0 saturated carbocycles. The maximum atomic E-state index is 7.72. The molecule has 0 aliphatic rings. The molecule has 0 N–H and O–H groups in total. The van der Waals surface area contributed by atoms with E-state index in [1.165, 1.54) is 5.56 Å². The van der Waals surface area contributed by atoms with E-state index in [1.54, 1.807) is 6.20 Å². The fourth-order valence-electron chi connectivity index (χ4n) is 8.65. The van der Waals surface area contributed by atoms with Gasteiger partial charge in [0.25, 0.3) is 0 Å². The molecule has 0 spiro atoms. The van der Waals surface area contributed by atoms with E-state index >= 15 is 0 Å². The minimum Gasteiger partial charge on any atom is -0.501 e. The SMILES string of the molecule is [C-]#[N+]c1ccc2c(c1)c1ccccc1c1cc3c(cc21)oc1c(-c2nccn2-c2ccc(-c4ccccc4)cc2C(C)(C)C)[c-]c(Oc2[c-]c(-c4ccccn4)ccc2)cc13.[Pt+2]. The number of rotatable bonds is 6. The molecule has 3 aromatic heterocycles. The number of furan rings is 1. The molecule has 0 saturated heterocycles. The summed E-state index contributed by atoms with van der Waals surface area (Å²) in [7, 11) is 0. The number of hydrogen-bond donors (Lipinski definition) is 0. The van der Waals surface area contributed by atoms with Crippen molar-refractivity contribution in [2.75, 3.05) is 0 Å². The third kappa shape index (κ3) is 6.63. The van der Waals surface area contributed by atoms with Crippen molar-refractivity contribution in [3.8, 4) is 51.0 Å². The van der Waals surface area contributed by atoms with Crippen LogP contribution >= 0.6 is 0 Å². The van der Waals surface area contributed by atoms with Crippen molar-refractivity contribution >= 4 is 59.9 Å². The quantitative estimate of drug-likeness (QED) is 0.123. The van der Waals surface area contributed by atoms with E-state index in [4.69, 9.17) is 20.7 Å². The number of hydrogen-bond acceptors (Lipinski definition) is 4. The van der Waals surface area contributed by atoms with Gasteiger partial charge in [-0.1, -0.05) is 135 Å². The molecule has 8 aromatic carbocycles. The van der Waals surface area contributed by atoms with Gasteiger partial charge in [0.1, 0.15) is 5.58 Å². The van der Waals surface area contributed by atoms with Crippen molar-refractivity contribution in [2.45, 2.75) is 26.2 Å². The molecule has 62 heavy (non-hydrogen) atoms. The zero-order valence-electron chi connectivity index (χ0n) is 34.0. The summed E-state index contributed by atoms with van der Waals surface area (Å²) in [6.45, 7) is 14.4. The van der Waals surface area contributed by atoms with E-state index in [9.17, 15) is 0 Å². The second-order valence-electron chi connectivity index (χ2n) is 16.3. The van der Waals surface area contributed by atoms with Crippen LogP contribution in [0.4, 0.5) is 5.69 Å². The van der Waals surface area contributed by atoms with Crippen LogP contribution in [0.15, 0.2) is 169 Å². The minimum absolute atomic E-state index is 0. The van der Waals surface area contributed by atoms with Gasteiger partial charge in [-0.3, -0.25) is 4.98 Å². The summed E-state index contributed by atoms with van der Waals surface area (Å²) < 4.78 is 15.8. The first-order valence-corrected chi connectivity index (χ1v) is 20.2. The molecule has 0 unspecified atom stereocenters. The molecule has 3 heterocycles. The summed E-state index contributed by atoms with van der Waals surface area (Å²) in [5.74, 6) is 1.71. The summed E-state index contributed by atoms with van der Waals surface area (Å²) >= 11 is 0. The molecule has 7 heteroatoms. The molecular formula is C55H36N4O2Pt. The standard InChI is InChI=1S/C55H36N4O2.Pt/c1-55(2,3)49-28-35(34-13-6-5-7-14-34)20-23-51(49)59-26-25-58-54(59)48-31-39(60-38-16-12-15-36(27-38)50-19-10-11-24-57-50)30-47-46-32-44-41-18-9-8-17-40(41)43-29-37(56-4)21-22-42(43)45(44)33-52(46)61-53(47)48;/h5-26,28-30,32-33H,1-3H3;/q-2;+2. The third-order valence-corrected chi connectivity index (χ3v) is 11.5. The summed E-state index contributed by atoms with van der Waals surface area (Å²) in [5.41, 5.74) is 8.60. The summed E-state index contributed by atoms with van der Waals surface area (Å²) in [6, 6.07) is 56.5. The van der Waals surface area contributed by atoms with Crippen LogP contribution in [0.5, 0.6) is 11.5 Å². The Morgan fingerprint density at radius 3 is 2.15 bits per heavy atom. The monoisotopic (exact) mass is 979 g/mol. The Morgan fingerprint density at radius 2 is 1.37 bits per heavy atom. The number of aromatic nitrogens is 3. The van der Waals surface area contributed by atoms with Crippen molar-refractivity contribution in [3.05, 3.63) is 193 Å². The fraction of sp³-hybridized carbons (Fsp3) is 0.0727. The van der Waals surface area contributed by atoms with Crippen molar-refractivity contribution in [3.63, 3.8) is 0 Å². The van der Waals surface area contributed by atoms with Gasteiger partial charge in [0, 0.05) is 41.2 Å². The maximum Gasteiger partial charge on any atom is 2.00 e. The molecule has 11 aromatic rings. The molecule has 0 fully saturated rings. The van der Waals surface area contributed by atoms with Crippen LogP contribution in [0, 0.1) is 18.7 Å². The number of pyridine rings is 1. The molecule has 298 valence electrons. The van der Waals surface area contributed by atoms with Gasteiger partial charge in [-0.05, 0) is 96.5 Å². The minimum atomic E-state index is -0.194. The average Bonchev–Trinajstić information content (AvgIpc) is 3.93. The van der Waals surface area contributed by atoms with Crippen LogP contribution in [0.25, 0.3) is 98.6 Å². The molecule has 11 rings (SSSR count). The number of imidazole rings is 1. The van der Waals surface area contributed by atoms with E-state index in [2.05, 4.69) is 132 Å². The van der Waals surface area contributed by atoms with Crippen LogP contribution in [-0.4, -0.2) is 14.5 Å². The van der Waals surface area contributed by atoms with E-state index in [0.29, 0.717) is 34.2 Å². The summed E-state index contributed by atoms with van der Waals surface area (Å²) in [4.78, 5) is 13.3. The molecule has 0 radical (unpaired) electrons. The van der Waals surface area contributed by atoms with Crippen molar-refractivity contribution in [2.24, 2.45) is 0 Å². The molecule has 0 bridgehead atoms. The first-order chi connectivity index (χ1) is 29.8. The molecule has 6 nitrogen and oxygen atoms in total. The normalized spacial score (nSPS) is 11.6. The first kappa shape index (κ1) is 38.9. The summed E-state index contributed by atoms with van der Waals surface area (Å²) in [6.07, 6.45) is 5.61. The van der Waals surface area contributed by atoms with Crippen molar-refractivity contribution in [1.82, 2.24) is 14.5 Å². The number of ether oxygens (including phenoxy) is 1. The van der Waals surface area contributed by atoms with Gasteiger partial charge in [0.15, 0.2) is 5.69 Å². The van der Waals surface area contributed by atoms with Gasteiger partial charge in [-0.2, -0.15) is 0 Å². The van der Waals surface area contributed by atoms with Gasteiger partial charge < -0.3 is 18.7 Å². The van der Waals surface area contributed by atoms with Crippen molar-refractivity contribution < 1.29 is 30.2 Å². The predicted molar refractivity (Wildman–Crippen MR) is 247 cm³/mol. The summed E-state index contributed by atoms with van der Waals surface area (Å²) in [5, 5.41) is 8.26. The van der Waals surface area contributed by atoms with Gasteiger partial charge in [0.05, 0.1) is 18.0 Å². The largest absolute Gasteiger partial charge is 2.00 e. The second-order valence-corrected chi connectivity index (χ2v) is 16.3. The zero-order chi connectivity index (χ0) is 41.2. The number of nitrogens with zero attached hydrogens (tertiary/aromatic N) is 4. The Hall–Kier alpha value is -7.32. The molecule has 0 aliphatic heterocycles. The smallest absolute Gasteiger partial charge is 0.501 e. The van der Waals surface area contributed by atoms with Gasteiger partial charge in [-0.15, -0.1) is 23.8 Å².